The van der Waals surface area contributed by atoms with Gasteiger partial charge in [-0.3, -0.25) is 0 Å². The van der Waals surface area contributed by atoms with Crippen LogP contribution < -0.4 is 10.1 Å². The van der Waals surface area contributed by atoms with Crippen LogP contribution in [0, 0.1) is 23.0 Å². The zero-order chi connectivity index (χ0) is 15.1. The molecule has 0 aliphatic heterocycles. The van der Waals surface area contributed by atoms with Crippen LogP contribution in [0.4, 0.5) is 8.78 Å². The zero-order valence-corrected chi connectivity index (χ0v) is 11.3. The maximum absolute atomic E-state index is 13.4. The van der Waals surface area contributed by atoms with E-state index >= 15 is 0 Å². The van der Waals surface area contributed by atoms with Gasteiger partial charge in [0.15, 0.2) is 6.61 Å². The van der Waals surface area contributed by atoms with E-state index in [1.807, 2.05) is 18.2 Å². The molecular formula is C16H14F2N2O. The van der Waals surface area contributed by atoms with Crippen molar-refractivity contribution in [3.8, 4) is 11.8 Å². The number of hydrogen-bond donors (Lipinski definition) is 1. The third-order valence-corrected chi connectivity index (χ3v) is 2.85. The highest BCUT2D eigenvalue weighted by Gasteiger charge is 2.03. The number of ether oxygens (including phenoxy) is 1. The first-order valence-corrected chi connectivity index (χ1v) is 6.42. The minimum atomic E-state index is -0.458. The lowest BCUT2D eigenvalue weighted by molar-refractivity contribution is 0.367. The summed E-state index contributed by atoms with van der Waals surface area (Å²) in [6.45, 7) is 0.706. The third kappa shape index (κ3) is 4.55. The molecule has 1 N–H and O–H groups in total. The molecule has 21 heavy (non-hydrogen) atoms. The Bertz CT molecular complexity index is 653. The van der Waals surface area contributed by atoms with Crippen molar-refractivity contribution in [2.75, 3.05) is 6.61 Å². The Morgan fingerprint density at radius 3 is 2.76 bits per heavy atom. The van der Waals surface area contributed by atoms with E-state index in [-0.39, 0.29) is 18.7 Å². The van der Waals surface area contributed by atoms with E-state index in [1.165, 1.54) is 6.07 Å². The molecule has 3 nitrogen and oxygen atoms in total. The van der Waals surface area contributed by atoms with Gasteiger partial charge in [0.1, 0.15) is 23.5 Å². The summed E-state index contributed by atoms with van der Waals surface area (Å²) in [6.07, 6.45) is 0. The van der Waals surface area contributed by atoms with Crippen molar-refractivity contribution in [1.29, 1.82) is 5.26 Å². The molecule has 108 valence electrons. The van der Waals surface area contributed by atoms with E-state index in [9.17, 15) is 8.78 Å². The van der Waals surface area contributed by atoms with E-state index in [0.717, 1.165) is 17.7 Å². The Morgan fingerprint density at radius 1 is 1.10 bits per heavy atom. The lowest BCUT2D eigenvalue weighted by atomic mass is 10.2. The fourth-order valence-corrected chi connectivity index (χ4v) is 1.88. The van der Waals surface area contributed by atoms with Gasteiger partial charge >= 0.3 is 0 Å². The minimum absolute atomic E-state index is 0.00855. The SMILES string of the molecule is N#CCOc1cccc(CNCc2cc(F)ccc2F)c1. The molecule has 2 rings (SSSR count). The fraction of sp³-hybridized carbons (Fsp3) is 0.188. The molecule has 0 bridgehead atoms. The summed E-state index contributed by atoms with van der Waals surface area (Å²) < 4.78 is 31.7. The predicted octanol–water partition coefficient (Wildman–Crippen LogP) is 3.16. The topological polar surface area (TPSA) is 45.0 Å². The summed E-state index contributed by atoms with van der Waals surface area (Å²) in [5.41, 5.74) is 1.22. The Labute approximate surface area is 121 Å². The molecule has 0 fully saturated rings. The van der Waals surface area contributed by atoms with Crippen molar-refractivity contribution in [1.82, 2.24) is 5.32 Å². The second kappa shape index (κ2) is 7.36. The van der Waals surface area contributed by atoms with Crippen LogP contribution in [0.3, 0.4) is 0 Å². The van der Waals surface area contributed by atoms with Gasteiger partial charge in [0, 0.05) is 18.7 Å². The van der Waals surface area contributed by atoms with Gasteiger partial charge in [0.2, 0.25) is 0 Å². The Morgan fingerprint density at radius 2 is 1.95 bits per heavy atom. The van der Waals surface area contributed by atoms with Gasteiger partial charge in [0.25, 0.3) is 0 Å². The smallest absolute Gasteiger partial charge is 0.174 e. The molecule has 0 aliphatic rings. The van der Waals surface area contributed by atoms with Gasteiger partial charge in [-0.25, -0.2) is 8.78 Å². The molecule has 0 amide bonds. The molecule has 0 spiro atoms. The van der Waals surface area contributed by atoms with E-state index in [1.54, 1.807) is 12.1 Å². The summed E-state index contributed by atoms with van der Waals surface area (Å²) >= 11 is 0. The second-order valence-electron chi connectivity index (χ2n) is 4.43. The molecule has 2 aromatic carbocycles. The van der Waals surface area contributed by atoms with E-state index in [2.05, 4.69) is 5.32 Å². The van der Waals surface area contributed by atoms with Crippen LogP contribution in [-0.2, 0) is 13.1 Å². The van der Waals surface area contributed by atoms with Gasteiger partial charge < -0.3 is 10.1 Å². The average molecular weight is 288 g/mol. The first-order valence-electron chi connectivity index (χ1n) is 6.42. The standard InChI is InChI=1S/C16H14F2N2O/c17-14-4-5-16(18)13(9-14)11-20-10-12-2-1-3-15(8-12)21-7-6-19/h1-5,8-9,20H,7,10-11H2. The van der Waals surface area contributed by atoms with Crippen LogP contribution in [0.15, 0.2) is 42.5 Å². The van der Waals surface area contributed by atoms with E-state index < -0.39 is 11.6 Å². The van der Waals surface area contributed by atoms with E-state index in [0.29, 0.717) is 12.3 Å². The monoisotopic (exact) mass is 288 g/mol. The molecule has 0 aromatic heterocycles. The number of nitrogens with one attached hydrogen (secondary N) is 1. The normalized spacial score (nSPS) is 10.1. The van der Waals surface area contributed by atoms with Gasteiger partial charge in [-0.1, -0.05) is 12.1 Å². The first kappa shape index (κ1) is 14.9. The minimum Gasteiger partial charge on any atom is -0.479 e. The zero-order valence-electron chi connectivity index (χ0n) is 11.3. The number of benzene rings is 2. The summed E-state index contributed by atoms with van der Waals surface area (Å²) in [4.78, 5) is 0. The average Bonchev–Trinajstić information content (AvgIpc) is 2.49. The molecule has 0 aliphatic carbocycles. The second-order valence-corrected chi connectivity index (χ2v) is 4.43. The van der Waals surface area contributed by atoms with Gasteiger partial charge in [-0.15, -0.1) is 0 Å². The molecule has 0 heterocycles. The molecule has 0 unspecified atom stereocenters. The molecule has 0 radical (unpaired) electrons. The number of nitrogens with zero attached hydrogens (tertiary/aromatic N) is 1. The molecular weight excluding hydrogens is 274 g/mol. The van der Waals surface area contributed by atoms with Gasteiger partial charge in [-0.2, -0.15) is 5.26 Å². The van der Waals surface area contributed by atoms with Crippen molar-refractivity contribution in [2.45, 2.75) is 13.1 Å². The maximum Gasteiger partial charge on any atom is 0.174 e. The van der Waals surface area contributed by atoms with Crippen LogP contribution in [0.5, 0.6) is 5.75 Å². The Balaban J connectivity index is 1.91. The van der Waals surface area contributed by atoms with Crippen molar-refractivity contribution >= 4 is 0 Å². The largest absolute Gasteiger partial charge is 0.479 e. The number of nitriles is 1. The van der Waals surface area contributed by atoms with Crippen LogP contribution in [0.1, 0.15) is 11.1 Å². The maximum atomic E-state index is 13.4. The summed E-state index contributed by atoms with van der Waals surface area (Å²) in [6, 6.07) is 12.5. The van der Waals surface area contributed by atoms with Crippen LogP contribution >= 0.6 is 0 Å². The molecule has 2 aromatic rings. The van der Waals surface area contributed by atoms with E-state index in [4.69, 9.17) is 10.00 Å². The molecule has 5 heteroatoms. The highest BCUT2D eigenvalue weighted by Crippen LogP contribution is 2.14. The number of hydrogen-bond acceptors (Lipinski definition) is 3. The lowest BCUT2D eigenvalue weighted by Gasteiger charge is -2.08. The Hall–Kier alpha value is -2.45. The molecule has 0 saturated heterocycles. The van der Waals surface area contributed by atoms with Crippen molar-refractivity contribution < 1.29 is 13.5 Å². The van der Waals surface area contributed by atoms with Crippen LogP contribution in [0.25, 0.3) is 0 Å². The molecule has 0 saturated carbocycles. The summed E-state index contributed by atoms with van der Waals surface area (Å²) in [7, 11) is 0. The predicted molar refractivity (Wildman–Crippen MR) is 74.5 cm³/mol. The van der Waals surface area contributed by atoms with Gasteiger partial charge in [-0.05, 0) is 35.9 Å². The van der Waals surface area contributed by atoms with Crippen LogP contribution in [0.2, 0.25) is 0 Å². The highest BCUT2D eigenvalue weighted by molar-refractivity contribution is 5.28. The van der Waals surface area contributed by atoms with Crippen LogP contribution in [-0.4, -0.2) is 6.61 Å². The first-order chi connectivity index (χ1) is 10.2. The lowest BCUT2D eigenvalue weighted by Crippen LogP contribution is -2.14. The summed E-state index contributed by atoms with van der Waals surface area (Å²) in [5, 5.41) is 11.5. The summed E-state index contributed by atoms with van der Waals surface area (Å²) in [5.74, 6) is -0.289. The van der Waals surface area contributed by atoms with Crippen molar-refractivity contribution in [3.05, 3.63) is 65.2 Å². The number of rotatable bonds is 6. The Kier molecular flexibility index (Phi) is 5.24. The fourth-order valence-electron chi connectivity index (χ4n) is 1.88. The van der Waals surface area contributed by atoms with Crippen molar-refractivity contribution in [2.24, 2.45) is 0 Å². The highest BCUT2D eigenvalue weighted by atomic mass is 19.1. The third-order valence-electron chi connectivity index (χ3n) is 2.85. The quantitative estimate of drug-likeness (QED) is 0.888. The molecule has 0 atom stereocenters. The number of halogens is 2. The van der Waals surface area contributed by atoms with Gasteiger partial charge in [0.05, 0.1) is 0 Å². The van der Waals surface area contributed by atoms with Crippen molar-refractivity contribution in [3.63, 3.8) is 0 Å².